The maximum Gasteiger partial charge on any atom is 0.308 e. The molecule has 0 aromatic rings. The van der Waals surface area contributed by atoms with Crippen molar-refractivity contribution >= 4 is 5.97 Å². The summed E-state index contributed by atoms with van der Waals surface area (Å²) in [5, 5.41) is 18.3. The number of unbranched alkanes of at least 4 members (excludes halogenated alkanes) is 1. The highest BCUT2D eigenvalue weighted by atomic mass is 17.0. The van der Waals surface area contributed by atoms with Gasteiger partial charge in [0.2, 0.25) is 0 Å². The molecule has 0 spiro atoms. The molecular weight excluding hydrogens is 300 g/mol. The van der Waals surface area contributed by atoms with Crippen LogP contribution in [0.1, 0.15) is 40.0 Å². The second-order valence-corrected chi connectivity index (χ2v) is 5.17. The Balaban J connectivity index is 3.94. The van der Waals surface area contributed by atoms with E-state index < -0.39 is 22.9 Å². The van der Waals surface area contributed by atoms with E-state index in [1.165, 1.54) is 0 Å². The van der Waals surface area contributed by atoms with Crippen molar-refractivity contribution in [2.45, 2.75) is 46.1 Å². The van der Waals surface area contributed by atoms with Gasteiger partial charge in [0, 0.05) is 0 Å². The maximum absolute atomic E-state index is 11.6. The lowest BCUT2D eigenvalue weighted by Crippen LogP contribution is -2.25. The fourth-order valence-corrected chi connectivity index (χ4v) is 1.48. The molecule has 0 radical (unpaired) electrons. The van der Waals surface area contributed by atoms with Gasteiger partial charge in [-0.15, -0.1) is 20.2 Å². The second kappa shape index (κ2) is 10.6. The summed E-state index contributed by atoms with van der Waals surface area (Å²) in [4.78, 5) is 40.2. The van der Waals surface area contributed by atoms with Crippen LogP contribution in [0.4, 0.5) is 0 Å². The van der Waals surface area contributed by atoms with Gasteiger partial charge in [0.25, 0.3) is 10.2 Å². The Bertz CT molecular complexity index is 374. The van der Waals surface area contributed by atoms with Crippen molar-refractivity contribution in [2.75, 3.05) is 13.2 Å². The lowest BCUT2D eigenvalue weighted by molar-refractivity contribution is -0.790. The van der Waals surface area contributed by atoms with E-state index in [0.29, 0.717) is 12.8 Å². The van der Waals surface area contributed by atoms with Gasteiger partial charge in [-0.25, -0.2) is 0 Å². The number of nitrogens with zero attached hydrogens (tertiary/aromatic N) is 2. The molecule has 0 bridgehead atoms. The molecule has 10 nitrogen and oxygen atoms in total. The topological polar surface area (TPSA) is 131 Å². The van der Waals surface area contributed by atoms with Crippen molar-refractivity contribution in [3.05, 3.63) is 20.2 Å². The molecular formula is C12H22N2O8. The third-order valence-electron chi connectivity index (χ3n) is 3.14. The van der Waals surface area contributed by atoms with Crippen LogP contribution in [0, 0.1) is 32.1 Å². The monoisotopic (exact) mass is 322 g/mol. The number of hydrogen-bond acceptors (Lipinski definition) is 8. The van der Waals surface area contributed by atoms with Crippen molar-refractivity contribution in [3.8, 4) is 0 Å². The second-order valence-electron chi connectivity index (χ2n) is 5.17. The molecule has 128 valence electrons. The first-order valence-corrected chi connectivity index (χ1v) is 6.99. The van der Waals surface area contributed by atoms with Gasteiger partial charge >= 0.3 is 5.97 Å². The molecule has 0 saturated carbocycles. The molecule has 2 atom stereocenters. The van der Waals surface area contributed by atoms with E-state index in [9.17, 15) is 25.0 Å². The third kappa shape index (κ3) is 9.72. The zero-order valence-corrected chi connectivity index (χ0v) is 12.9. The van der Waals surface area contributed by atoms with Gasteiger partial charge in [-0.3, -0.25) is 4.79 Å². The van der Waals surface area contributed by atoms with Crippen molar-refractivity contribution in [1.29, 1.82) is 0 Å². The zero-order chi connectivity index (χ0) is 17.1. The molecule has 0 aliphatic heterocycles. The summed E-state index contributed by atoms with van der Waals surface area (Å²) < 4.78 is 5.07. The van der Waals surface area contributed by atoms with Crippen molar-refractivity contribution in [3.63, 3.8) is 0 Å². The molecule has 0 unspecified atom stereocenters. The van der Waals surface area contributed by atoms with Crippen LogP contribution in [0.3, 0.4) is 0 Å². The minimum atomic E-state index is -1.04. The normalized spacial score (nSPS) is 13.3. The molecule has 0 rings (SSSR count). The molecule has 0 saturated heterocycles. The number of rotatable bonds is 12. The first kappa shape index (κ1) is 19.9. The van der Waals surface area contributed by atoms with Crippen molar-refractivity contribution in [1.82, 2.24) is 0 Å². The minimum Gasteiger partial charge on any atom is -0.465 e. The molecule has 0 amide bonds. The van der Waals surface area contributed by atoms with Gasteiger partial charge in [-0.2, -0.15) is 0 Å². The first-order chi connectivity index (χ1) is 10.2. The average molecular weight is 322 g/mol. The Hall–Kier alpha value is -2.13. The summed E-state index contributed by atoms with van der Waals surface area (Å²) >= 11 is 0. The van der Waals surface area contributed by atoms with Gasteiger partial charge < -0.3 is 14.4 Å². The highest BCUT2D eigenvalue weighted by Gasteiger charge is 2.18. The zero-order valence-electron chi connectivity index (χ0n) is 12.9. The predicted molar refractivity (Wildman–Crippen MR) is 73.6 cm³/mol. The average Bonchev–Trinajstić information content (AvgIpc) is 2.42. The highest BCUT2D eigenvalue weighted by molar-refractivity contribution is 5.72. The van der Waals surface area contributed by atoms with E-state index in [0.717, 1.165) is 0 Å². The summed E-state index contributed by atoms with van der Waals surface area (Å²) in [5.41, 5.74) is 0. The number of ether oxygens (including phenoxy) is 1. The SMILES string of the molecule is CC(C)[C@@H](C)C(=O)OCCCC[C@H](CO[N+](=O)[O-])O[N+](=O)[O-]. The molecule has 10 heteroatoms. The van der Waals surface area contributed by atoms with E-state index in [2.05, 4.69) is 9.68 Å². The van der Waals surface area contributed by atoms with E-state index in [4.69, 9.17) is 4.74 Å². The van der Waals surface area contributed by atoms with E-state index >= 15 is 0 Å². The number of carbonyl (C=O) groups is 1. The lowest BCUT2D eigenvalue weighted by Gasteiger charge is -2.15. The van der Waals surface area contributed by atoms with Crippen LogP contribution in [-0.2, 0) is 19.2 Å². The van der Waals surface area contributed by atoms with Crippen LogP contribution >= 0.6 is 0 Å². The van der Waals surface area contributed by atoms with Crippen molar-refractivity contribution in [2.24, 2.45) is 11.8 Å². The predicted octanol–water partition coefficient (Wildman–Crippen LogP) is 1.78. The van der Waals surface area contributed by atoms with Crippen LogP contribution in [0.25, 0.3) is 0 Å². The number of esters is 1. The highest BCUT2D eigenvalue weighted by Crippen LogP contribution is 2.12. The van der Waals surface area contributed by atoms with Gasteiger partial charge in [-0.1, -0.05) is 20.8 Å². The van der Waals surface area contributed by atoms with Gasteiger partial charge in [0.15, 0.2) is 0 Å². The summed E-state index contributed by atoms with van der Waals surface area (Å²) in [6, 6.07) is 0. The Kier molecular flexibility index (Phi) is 9.55. The third-order valence-corrected chi connectivity index (χ3v) is 3.14. The first-order valence-electron chi connectivity index (χ1n) is 6.99. The number of hydrogen-bond donors (Lipinski definition) is 0. The lowest BCUT2D eigenvalue weighted by atomic mass is 9.99. The van der Waals surface area contributed by atoms with Crippen LogP contribution in [0.5, 0.6) is 0 Å². The Morgan fingerprint density at radius 2 is 1.73 bits per heavy atom. The molecule has 0 aromatic carbocycles. The van der Waals surface area contributed by atoms with E-state index in [-0.39, 0.29) is 30.8 Å². The molecule has 0 heterocycles. The minimum absolute atomic E-state index is 0.185. The summed E-state index contributed by atoms with van der Waals surface area (Å²) in [7, 11) is 0. The smallest absolute Gasteiger partial charge is 0.308 e. The molecule has 0 aromatic heterocycles. The Morgan fingerprint density at radius 1 is 1.09 bits per heavy atom. The van der Waals surface area contributed by atoms with Gasteiger partial charge in [-0.05, 0) is 25.2 Å². The summed E-state index contributed by atoms with van der Waals surface area (Å²) in [6.45, 7) is 5.29. The molecule has 0 aliphatic rings. The largest absolute Gasteiger partial charge is 0.465 e. The summed E-state index contributed by atoms with van der Waals surface area (Å²) in [6.07, 6.45) is 0.0902. The quantitative estimate of drug-likeness (QED) is 0.230. The standard InChI is InChI=1S/C12H22N2O8/c1-9(2)10(3)12(15)20-7-5-4-6-11(22-14(18)19)8-21-13(16)17/h9-11H,4-8H2,1-3H3/t10-,11-/m1/s1. The van der Waals surface area contributed by atoms with Gasteiger partial charge in [0.05, 0.1) is 12.5 Å². The molecule has 0 N–H and O–H groups in total. The fourth-order valence-electron chi connectivity index (χ4n) is 1.48. The van der Waals surface area contributed by atoms with Crippen LogP contribution < -0.4 is 0 Å². The number of carbonyl (C=O) groups excluding carboxylic acids is 1. The maximum atomic E-state index is 11.6. The van der Waals surface area contributed by atoms with E-state index in [1.54, 1.807) is 6.92 Å². The van der Waals surface area contributed by atoms with Crippen LogP contribution in [0.2, 0.25) is 0 Å². The fraction of sp³-hybridized carbons (Fsp3) is 0.917. The Morgan fingerprint density at radius 3 is 2.23 bits per heavy atom. The molecule has 0 fully saturated rings. The van der Waals surface area contributed by atoms with E-state index in [1.807, 2.05) is 13.8 Å². The summed E-state index contributed by atoms with van der Waals surface area (Å²) in [5.74, 6) is -0.298. The van der Waals surface area contributed by atoms with Crippen molar-refractivity contribution < 1.29 is 29.4 Å². The van der Waals surface area contributed by atoms with Gasteiger partial charge in [0.1, 0.15) is 12.7 Å². The molecule has 22 heavy (non-hydrogen) atoms. The van der Waals surface area contributed by atoms with Crippen LogP contribution in [0.15, 0.2) is 0 Å². The van der Waals surface area contributed by atoms with Crippen LogP contribution in [-0.4, -0.2) is 35.5 Å². The Labute approximate surface area is 127 Å². The molecule has 0 aliphatic carbocycles.